The summed E-state index contributed by atoms with van der Waals surface area (Å²) >= 11 is 0. The Kier molecular flexibility index (Phi) is 4.89. The number of amides is 1. The third-order valence-corrected chi connectivity index (χ3v) is 6.26. The third-order valence-electron chi connectivity index (χ3n) is 6.26. The number of para-hydroxylation sites is 2. The smallest absolute Gasteiger partial charge is 0.306 e. The van der Waals surface area contributed by atoms with Crippen molar-refractivity contribution in [2.45, 2.75) is 58.0 Å². The van der Waals surface area contributed by atoms with E-state index in [1.807, 2.05) is 23.1 Å². The zero-order chi connectivity index (χ0) is 19.0. The van der Waals surface area contributed by atoms with E-state index in [0.29, 0.717) is 25.7 Å². The fraction of sp³-hybridized carbons (Fsp3) is 0.571. The van der Waals surface area contributed by atoms with Crippen molar-refractivity contribution in [1.29, 1.82) is 0 Å². The lowest BCUT2D eigenvalue weighted by atomic mass is 9.81. The monoisotopic (exact) mass is 369 g/mol. The molecule has 1 aromatic carbocycles. The van der Waals surface area contributed by atoms with Gasteiger partial charge in [0.15, 0.2) is 0 Å². The van der Waals surface area contributed by atoms with Gasteiger partial charge in [0.05, 0.1) is 23.0 Å². The number of hydrogen-bond donors (Lipinski definition) is 1. The molecule has 4 rings (SSSR count). The van der Waals surface area contributed by atoms with Crippen molar-refractivity contribution in [3.8, 4) is 0 Å². The lowest BCUT2D eigenvalue weighted by Crippen LogP contribution is -2.38. The number of rotatable bonds is 4. The highest BCUT2D eigenvalue weighted by Crippen LogP contribution is 2.37. The summed E-state index contributed by atoms with van der Waals surface area (Å²) in [7, 11) is 0. The topological polar surface area (TPSA) is 75.4 Å². The van der Waals surface area contributed by atoms with Crippen molar-refractivity contribution in [3.05, 3.63) is 30.1 Å². The van der Waals surface area contributed by atoms with Crippen LogP contribution in [0.15, 0.2) is 24.3 Å². The van der Waals surface area contributed by atoms with E-state index < -0.39 is 5.97 Å². The number of carbonyl (C=O) groups is 2. The van der Waals surface area contributed by atoms with Crippen LogP contribution >= 0.6 is 0 Å². The van der Waals surface area contributed by atoms with Crippen molar-refractivity contribution in [1.82, 2.24) is 14.5 Å². The number of carbonyl (C=O) groups excluding carboxylic acids is 1. The van der Waals surface area contributed by atoms with Crippen molar-refractivity contribution in [2.24, 2.45) is 11.8 Å². The fourth-order valence-electron chi connectivity index (χ4n) is 4.80. The molecule has 1 aliphatic heterocycles. The van der Waals surface area contributed by atoms with Crippen molar-refractivity contribution < 1.29 is 14.7 Å². The summed E-state index contributed by atoms with van der Waals surface area (Å²) in [6.45, 7) is 3.72. The molecular weight excluding hydrogens is 342 g/mol. The highest BCUT2D eigenvalue weighted by Gasteiger charge is 2.38. The summed E-state index contributed by atoms with van der Waals surface area (Å²) < 4.78 is 2.23. The number of likely N-dealkylation sites (tertiary alicyclic amines) is 1. The second kappa shape index (κ2) is 7.33. The number of aromatic nitrogens is 2. The summed E-state index contributed by atoms with van der Waals surface area (Å²) in [6.07, 6.45) is 4.52. The van der Waals surface area contributed by atoms with Crippen molar-refractivity contribution >= 4 is 22.9 Å². The Balaban J connectivity index is 1.56. The van der Waals surface area contributed by atoms with Gasteiger partial charge in [-0.1, -0.05) is 12.1 Å². The number of carboxylic acids is 1. The zero-order valence-electron chi connectivity index (χ0n) is 15.8. The van der Waals surface area contributed by atoms with E-state index in [-0.39, 0.29) is 23.8 Å². The standard InChI is InChI=1S/C21H27N3O3/c1-2-23-17-7-4-3-6-16(17)22-19(23)18-8-5-13-24(18)20(25)14-9-11-15(12-10-14)21(26)27/h3-4,6-7,14-15,18H,2,5,8-13H2,1H3,(H,26,27). The quantitative estimate of drug-likeness (QED) is 0.893. The highest BCUT2D eigenvalue weighted by atomic mass is 16.4. The number of hydrogen-bond acceptors (Lipinski definition) is 3. The van der Waals surface area contributed by atoms with Crippen molar-refractivity contribution in [3.63, 3.8) is 0 Å². The Bertz CT molecular complexity index is 851. The van der Waals surface area contributed by atoms with Crippen molar-refractivity contribution in [2.75, 3.05) is 6.54 Å². The van der Waals surface area contributed by atoms with Gasteiger partial charge in [-0.3, -0.25) is 9.59 Å². The minimum Gasteiger partial charge on any atom is -0.481 e. The van der Waals surface area contributed by atoms with Crippen LogP contribution in [0.1, 0.15) is 57.3 Å². The third kappa shape index (κ3) is 3.22. The van der Waals surface area contributed by atoms with E-state index in [0.717, 1.165) is 42.8 Å². The molecule has 1 saturated heterocycles. The zero-order valence-corrected chi connectivity index (χ0v) is 15.8. The number of aryl methyl sites for hydroxylation is 1. The number of imidazole rings is 1. The van der Waals surface area contributed by atoms with Gasteiger partial charge < -0.3 is 14.6 Å². The second-order valence-electron chi connectivity index (χ2n) is 7.78. The summed E-state index contributed by atoms with van der Waals surface area (Å²) in [6, 6.07) is 8.17. The molecule has 1 atom stereocenters. The molecule has 144 valence electrons. The molecule has 0 bridgehead atoms. The van der Waals surface area contributed by atoms with E-state index >= 15 is 0 Å². The molecule has 2 aromatic rings. The largest absolute Gasteiger partial charge is 0.481 e. The molecule has 2 fully saturated rings. The van der Waals surface area contributed by atoms with E-state index in [4.69, 9.17) is 4.98 Å². The van der Waals surface area contributed by atoms with Gasteiger partial charge in [-0.15, -0.1) is 0 Å². The number of benzene rings is 1. The molecule has 0 spiro atoms. The molecule has 1 saturated carbocycles. The molecule has 6 heteroatoms. The lowest BCUT2D eigenvalue weighted by molar-refractivity contribution is -0.146. The van der Waals surface area contributed by atoms with Gasteiger partial charge >= 0.3 is 5.97 Å². The molecule has 0 radical (unpaired) electrons. The van der Waals surface area contributed by atoms with Crippen LogP contribution in [0.5, 0.6) is 0 Å². The summed E-state index contributed by atoms with van der Waals surface area (Å²) in [5, 5.41) is 9.19. The first-order valence-corrected chi connectivity index (χ1v) is 10.1. The predicted octanol–water partition coefficient (Wildman–Crippen LogP) is 3.61. The predicted molar refractivity (Wildman–Crippen MR) is 102 cm³/mol. The van der Waals surface area contributed by atoms with Crippen LogP contribution in [-0.4, -0.2) is 38.0 Å². The molecule has 1 aromatic heterocycles. The van der Waals surface area contributed by atoms with Crippen LogP contribution in [0, 0.1) is 11.8 Å². The van der Waals surface area contributed by atoms with Crippen LogP contribution < -0.4 is 0 Å². The molecular formula is C21H27N3O3. The average Bonchev–Trinajstić information content (AvgIpc) is 3.31. The second-order valence-corrected chi connectivity index (χ2v) is 7.78. The number of fused-ring (bicyclic) bond motifs is 1. The SMILES string of the molecule is CCn1c(C2CCCN2C(=O)C2CCC(C(=O)O)CC2)nc2ccccc21. The summed E-state index contributed by atoms with van der Waals surface area (Å²) in [5.41, 5.74) is 2.10. The molecule has 2 heterocycles. The maximum Gasteiger partial charge on any atom is 0.306 e. The van der Waals surface area contributed by atoms with E-state index in [2.05, 4.69) is 17.6 Å². The van der Waals surface area contributed by atoms with Gasteiger partial charge in [0.25, 0.3) is 0 Å². The minimum atomic E-state index is -0.725. The van der Waals surface area contributed by atoms with Gasteiger partial charge in [0, 0.05) is 19.0 Å². The van der Waals surface area contributed by atoms with Gasteiger partial charge in [-0.05, 0) is 57.6 Å². The maximum absolute atomic E-state index is 13.2. The molecule has 1 amide bonds. The van der Waals surface area contributed by atoms with Gasteiger partial charge in [-0.25, -0.2) is 4.98 Å². The van der Waals surface area contributed by atoms with Gasteiger partial charge in [0.2, 0.25) is 5.91 Å². The average molecular weight is 369 g/mol. The Morgan fingerprint density at radius 3 is 2.52 bits per heavy atom. The maximum atomic E-state index is 13.2. The number of nitrogens with zero attached hydrogens (tertiary/aromatic N) is 3. The molecule has 1 aliphatic carbocycles. The van der Waals surface area contributed by atoms with E-state index in [9.17, 15) is 14.7 Å². The fourth-order valence-corrected chi connectivity index (χ4v) is 4.80. The first-order valence-electron chi connectivity index (χ1n) is 10.1. The lowest BCUT2D eigenvalue weighted by Gasteiger charge is -2.32. The Morgan fingerprint density at radius 1 is 1.11 bits per heavy atom. The van der Waals surface area contributed by atoms with Gasteiger partial charge in [0.1, 0.15) is 5.82 Å². The molecule has 2 aliphatic rings. The van der Waals surface area contributed by atoms with E-state index in [1.165, 1.54) is 0 Å². The molecule has 27 heavy (non-hydrogen) atoms. The van der Waals surface area contributed by atoms with Crippen LogP contribution in [0.3, 0.4) is 0 Å². The van der Waals surface area contributed by atoms with Crippen LogP contribution in [0.25, 0.3) is 11.0 Å². The molecule has 6 nitrogen and oxygen atoms in total. The minimum absolute atomic E-state index is 0.0297. The van der Waals surface area contributed by atoms with Crippen LogP contribution in [0.4, 0.5) is 0 Å². The first-order chi connectivity index (χ1) is 13.1. The molecule has 1 N–H and O–H groups in total. The van der Waals surface area contributed by atoms with Gasteiger partial charge in [-0.2, -0.15) is 0 Å². The number of aliphatic carboxylic acids is 1. The first kappa shape index (κ1) is 18.0. The van der Waals surface area contributed by atoms with Crippen LogP contribution in [0.2, 0.25) is 0 Å². The van der Waals surface area contributed by atoms with E-state index in [1.54, 1.807) is 0 Å². The Morgan fingerprint density at radius 2 is 1.81 bits per heavy atom. The molecule has 1 unspecified atom stereocenters. The Labute approximate surface area is 159 Å². The summed E-state index contributed by atoms with van der Waals surface area (Å²) in [4.78, 5) is 31.3. The number of carboxylic acid groups (broad SMARTS) is 1. The Hall–Kier alpha value is -2.37. The highest BCUT2D eigenvalue weighted by molar-refractivity contribution is 5.81. The summed E-state index contributed by atoms with van der Waals surface area (Å²) in [5.74, 6) is 0.129. The normalized spacial score (nSPS) is 25.8. The van der Waals surface area contributed by atoms with Crippen LogP contribution in [-0.2, 0) is 16.1 Å².